The van der Waals surface area contributed by atoms with E-state index in [1.807, 2.05) is 0 Å². The predicted octanol–water partition coefficient (Wildman–Crippen LogP) is 1.44. The summed E-state index contributed by atoms with van der Waals surface area (Å²) in [6, 6.07) is 1.15. The molecule has 0 aromatic heterocycles. The maximum absolute atomic E-state index is 12.3. The molecule has 3 nitrogen and oxygen atoms in total. The van der Waals surface area contributed by atoms with E-state index in [0.717, 1.165) is 19.3 Å². The van der Waals surface area contributed by atoms with E-state index in [2.05, 4.69) is 5.32 Å². The van der Waals surface area contributed by atoms with Gasteiger partial charge in [0.1, 0.15) is 0 Å². The normalized spacial score (nSPS) is 27.7. The average Bonchev–Trinajstić information content (AvgIpc) is 2.64. The van der Waals surface area contributed by atoms with Crippen LogP contribution in [0.2, 0.25) is 0 Å². The summed E-state index contributed by atoms with van der Waals surface area (Å²) in [6.07, 6.45) is -1.97. The fourth-order valence-corrected chi connectivity index (χ4v) is 2.03. The summed E-state index contributed by atoms with van der Waals surface area (Å²) in [6.45, 7) is -0.401. The molecule has 1 aliphatic carbocycles. The molecule has 0 spiro atoms. The van der Waals surface area contributed by atoms with Gasteiger partial charge in [-0.05, 0) is 18.8 Å². The third-order valence-electron chi connectivity index (χ3n) is 3.03. The van der Waals surface area contributed by atoms with E-state index in [4.69, 9.17) is 10.4 Å². The van der Waals surface area contributed by atoms with Gasteiger partial charge in [0.05, 0.1) is 6.07 Å². The lowest BCUT2D eigenvalue weighted by molar-refractivity contribution is -0.158. The lowest BCUT2D eigenvalue weighted by Crippen LogP contribution is -2.40. The van der Waals surface area contributed by atoms with Crippen molar-refractivity contribution in [1.29, 1.82) is 5.26 Å². The zero-order valence-corrected chi connectivity index (χ0v) is 8.80. The second kappa shape index (κ2) is 5.51. The Balaban J connectivity index is 2.41. The van der Waals surface area contributed by atoms with Gasteiger partial charge in [0.2, 0.25) is 0 Å². The summed E-state index contributed by atoms with van der Waals surface area (Å²) >= 11 is 0. The van der Waals surface area contributed by atoms with E-state index in [9.17, 15) is 13.2 Å². The van der Waals surface area contributed by atoms with Gasteiger partial charge in [0.25, 0.3) is 0 Å². The SMILES string of the molecule is N#CC(CNC1CCCC1CO)C(F)(F)F. The van der Waals surface area contributed by atoms with Gasteiger partial charge in [-0.1, -0.05) is 6.42 Å². The van der Waals surface area contributed by atoms with E-state index in [-0.39, 0.29) is 25.1 Å². The molecule has 3 atom stereocenters. The Kier molecular flexibility index (Phi) is 4.56. The molecule has 16 heavy (non-hydrogen) atoms. The van der Waals surface area contributed by atoms with Gasteiger partial charge >= 0.3 is 6.18 Å². The number of nitrogens with one attached hydrogen (secondary N) is 1. The Morgan fingerprint density at radius 2 is 2.12 bits per heavy atom. The molecule has 2 N–H and O–H groups in total. The summed E-state index contributed by atoms with van der Waals surface area (Å²) in [7, 11) is 0. The highest BCUT2D eigenvalue weighted by atomic mass is 19.4. The second-order valence-corrected chi connectivity index (χ2v) is 4.11. The molecular formula is C10H15F3N2O. The highest BCUT2D eigenvalue weighted by Crippen LogP contribution is 2.28. The first kappa shape index (κ1) is 13.3. The Morgan fingerprint density at radius 1 is 1.44 bits per heavy atom. The molecule has 3 unspecified atom stereocenters. The van der Waals surface area contributed by atoms with E-state index >= 15 is 0 Å². The quantitative estimate of drug-likeness (QED) is 0.776. The number of halogens is 3. The highest BCUT2D eigenvalue weighted by molar-refractivity contribution is 4.92. The molecule has 1 saturated carbocycles. The van der Waals surface area contributed by atoms with Crippen molar-refractivity contribution in [2.75, 3.05) is 13.2 Å². The monoisotopic (exact) mass is 236 g/mol. The molecule has 0 aromatic rings. The molecular weight excluding hydrogens is 221 g/mol. The van der Waals surface area contributed by atoms with Crippen LogP contribution < -0.4 is 5.32 Å². The van der Waals surface area contributed by atoms with Crippen molar-refractivity contribution in [1.82, 2.24) is 5.32 Å². The molecule has 0 heterocycles. The van der Waals surface area contributed by atoms with Gasteiger partial charge in [-0.3, -0.25) is 0 Å². The van der Waals surface area contributed by atoms with E-state index in [1.165, 1.54) is 6.07 Å². The number of nitriles is 1. The van der Waals surface area contributed by atoms with Crippen LogP contribution in [0.3, 0.4) is 0 Å². The Labute approximate surface area is 92.3 Å². The van der Waals surface area contributed by atoms with Gasteiger partial charge in [0.15, 0.2) is 5.92 Å². The molecule has 0 aliphatic heterocycles. The maximum atomic E-state index is 12.3. The maximum Gasteiger partial charge on any atom is 0.405 e. The molecule has 1 fully saturated rings. The van der Waals surface area contributed by atoms with Crippen LogP contribution in [0.5, 0.6) is 0 Å². The third kappa shape index (κ3) is 3.35. The Morgan fingerprint density at radius 3 is 2.62 bits per heavy atom. The zero-order valence-electron chi connectivity index (χ0n) is 8.80. The van der Waals surface area contributed by atoms with E-state index < -0.39 is 12.1 Å². The summed E-state index contributed by atoms with van der Waals surface area (Å²) < 4.78 is 36.8. The van der Waals surface area contributed by atoms with Gasteiger partial charge in [-0.2, -0.15) is 18.4 Å². The van der Waals surface area contributed by atoms with Gasteiger partial charge in [-0.25, -0.2) is 0 Å². The topological polar surface area (TPSA) is 56.0 Å². The predicted molar refractivity (Wildman–Crippen MR) is 51.4 cm³/mol. The minimum absolute atomic E-state index is 0.0130. The number of nitrogens with zero attached hydrogens (tertiary/aromatic N) is 1. The Bertz CT molecular complexity index is 262. The average molecular weight is 236 g/mol. The van der Waals surface area contributed by atoms with Gasteiger partial charge < -0.3 is 10.4 Å². The van der Waals surface area contributed by atoms with Crippen molar-refractivity contribution >= 4 is 0 Å². The smallest absolute Gasteiger partial charge is 0.396 e. The zero-order chi connectivity index (χ0) is 12.2. The van der Waals surface area contributed by atoms with Gasteiger partial charge in [-0.15, -0.1) is 0 Å². The molecule has 0 amide bonds. The van der Waals surface area contributed by atoms with Gasteiger partial charge in [0, 0.05) is 19.2 Å². The van der Waals surface area contributed by atoms with Crippen LogP contribution in [-0.2, 0) is 0 Å². The van der Waals surface area contributed by atoms with Crippen molar-refractivity contribution in [3.8, 4) is 6.07 Å². The van der Waals surface area contributed by atoms with Crippen molar-refractivity contribution in [3.05, 3.63) is 0 Å². The number of rotatable bonds is 4. The van der Waals surface area contributed by atoms with Crippen molar-refractivity contribution in [2.45, 2.75) is 31.5 Å². The van der Waals surface area contributed by atoms with Crippen molar-refractivity contribution in [3.63, 3.8) is 0 Å². The molecule has 0 radical (unpaired) electrons. The minimum atomic E-state index is -4.48. The molecule has 0 aromatic carbocycles. The summed E-state index contributed by atoms with van der Waals surface area (Å²) in [5.74, 6) is -1.94. The summed E-state index contributed by atoms with van der Waals surface area (Å²) in [5, 5.41) is 20.1. The molecule has 0 bridgehead atoms. The molecule has 6 heteroatoms. The number of aliphatic hydroxyl groups is 1. The summed E-state index contributed by atoms with van der Waals surface area (Å²) in [4.78, 5) is 0. The first-order valence-corrected chi connectivity index (χ1v) is 5.29. The molecule has 1 aliphatic rings. The number of hydrogen-bond acceptors (Lipinski definition) is 3. The van der Waals surface area contributed by atoms with Crippen LogP contribution in [0.15, 0.2) is 0 Å². The Hall–Kier alpha value is -0.800. The van der Waals surface area contributed by atoms with E-state index in [0.29, 0.717) is 0 Å². The second-order valence-electron chi connectivity index (χ2n) is 4.11. The van der Waals surface area contributed by atoms with Crippen LogP contribution in [0.25, 0.3) is 0 Å². The van der Waals surface area contributed by atoms with Crippen LogP contribution in [0.4, 0.5) is 13.2 Å². The number of alkyl halides is 3. The summed E-state index contributed by atoms with van der Waals surface area (Å²) in [5.41, 5.74) is 0. The molecule has 92 valence electrons. The lowest BCUT2D eigenvalue weighted by Gasteiger charge is -2.21. The molecule has 0 saturated heterocycles. The fraction of sp³-hybridized carbons (Fsp3) is 0.900. The minimum Gasteiger partial charge on any atom is -0.396 e. The number of hydrogen-bond donors (Lipinski definition) is 2. The van der Waals surface area contributed by atoms with Crippen LogP contribution in [0.1, 0.15) is 19.3 Å². The van der Waals surface area contributed by atoms with Crippen LogP contribution in [0, 0.1) is 23.2 Å². The largest absolute Gasteiger partial charge is 0.405 e. The van der Waals surface area contributed by atoms with Crippen molar-refractivity contribution in [2.24, 2.45) is 11.8 Å². The van der Waals surface area contributed by atoms with Crippen molar-refractivity contribution < 1.29 is 18.3 Å². The van der Waals surface area contributed by atoms with Crippen LogP contribution in [-0.4, -0.2) is 30.5 Å². The van der Waals surface area contributed by atoms with Crippen LogP contribution >= 0.6 is 0 Å². The molecule has 1 rings (SSSR count). The first-order valence-electron chi connectivity index (χ1n) is 5.29. The number of aliphatic hydroxyl groups excluding tert-OH is 1. The standard InChI is InChI=1S/C10H15F3N2O/c11-10(12,13)8(4-14)5-15-9-3-1-2-7(9)6-16/h7-9,15-16H,1-3,5-6H2. The highest BCUT2D eigenvalue weighted by Gasteiger charge is 2.40. The fourth-order valence-electron chi connectivity index (χ4n) is 2.03. The van der Waals surface area contributed by atoms with E-state index in [1.54, 1.807) is 0 Å². The lowest BCUT2D eigenvalue weighted by atomic mass is 10.0. The third-order valence-corrected chi connectivity index (χ3v) is 3.03. The first-order chi connectivity index (χ1) is 7.49.